The van der Waals surface area contributed by atoms with Crippen molar-refractivity contribution in [1.82, 2.24) is 10.2 Å². The normalized spacial score (nSPS) is 27.1. The largest absolute Gasteiger partial charge is 0.504 e. The van der Waals surface area contributed by atoms with Crippen molar-refractivity contribution in [3.8, 4) is 11.5 Å². The van der Waals surface area contributed by atoms with Crippen LogP contribution in [0.3, 0.4) is 0 Å². The van der Waals surface area contributed by atoms with Gasteiger partial charge in [0.25, 0.3) is 0 Å². The third-order valence-corrected chi connectivity index (χ3v) is 6.50. The molecule has 168 valence electrons. The minimum atomic E-state index is -1.72. The van der Waals surface area contributed by atoms with Crippen LogP contribution in [0.15, 0.2) is 48.5 Å². The summed E-state index contributed by atoms with van der Waals surface area (Å²) >= 11 is 0. The molecule has 2 fully saturated rings. The van der Waals surface area contributed by atoms with E-state index in [2.05, 4.69) is 5.32 Å². The second-order valence-electron chi connectivity index (χ2n) is 8.60. The van der Waals surface area contributed by atoms with Crippen molar-refractivity contribution in [3.63, 3.8) is 0 Å². The van der Waals surface area contributed by atoms with Crippen molar-refractivity contribution in [2.24, 2.45) is 11.8 Å². The van der Waals surface area contributed by atoms with Crippen LogP contribution in [0.2, 0.25) is 0 Å². The van der Waals surface area contributed by atoms with Gasteiger partial charge in [0.2, 0.25) is 11.8 Å². The second kappa shape index (κ2) is 7.94. The van der Waals surface area contributed by atoms with Crippen LogP contribution in [-0.4, -0.2) is 51.6 Å². The molecule has 2 aromatic carbocycles. The Labute approximate surface area is 185 Å². The molecule has 32 heavy (non-hydrogen) atoms. The number of carbonyl (C=O) groups is 3. The predicted molar refractivity (Wildman–Crippen MR) is 115 cm³/mol. The number of ether oxygens (including phenoxy) is 1. The molecule has 2 saturated heterocycles. The molecular formula is C24H26N2O6. The first-order chi connectivity index (χ1) is 15.2. The van der Waals surface area contributed by atoms with Gasteiger partial charge in [0.05, 0.1) is 18.9 Å². The first-order valence-corrected chi connectivity index (χ1v) is 10.5. The van der Waals surface area contributed by atoms with E-state index in [1.165, 1.54) is 7.11 Å². The van der Waals surface area contributed by atoms with E-state index in [0.29, 0.717) is 5.56 Å². The molecule has 4 rings (SSSR count). The van der Waals surface area contributed by atoms with E-state index < -0.39 is 47.2 Å². The molecule has 2 aliphatic rings. The first-order valence-electron chi connectivity index (χ1n) is 10.5. The summed E-state index contributed by atoms with van der Waals surface area (Å²) in [5.74, 6) is -4.23. The van der Waals surface area contributed by atoms with E-state index in [9.17, 15) is 24.6 Å². The topological polar surface area (TPSA) is 116 Å². The van der Waals surface area contributed by atoms with Gasteiger partial charge >= 0.3 is 5.97 Å². The summed E-state index contributed by atoms with van der Waals surface area (Å²) in [4.78, 5) is 40.8. The summed E-state index contributed by atoms with van der Waals surface area (Å²) in [6.45, 7) is 3.45. The molecular weight excluding hydrogens is 412 g/mol. The fourth-order valence-corrected chi connectivity index (χ4v) is 5.11. The van der Waals surface area contributed by atoms with Gasteiger partial charge in [-0.15, -0.1) is 0 Å². The van der Waals surface area contributed by atoms with Gasteiger partial charge in [-0.25, -0.2) is 0 Å². The number of fused-ring (bicyclic) bond motifs is 1. The number of imide groups is 1. The molecule has 0 radical (unpaired) electrons. The van der Waals surface area contributed by atoms with Gasteiger partial charge < -0.3 is 14.9 Å². The number of nitrogens with one attached hydrogen (secondary N) is 1. The number of rotatable bonds is 6. The Hall–Kier alpha value is -3.39. The molecule has 3 N–H and O–H groups in total. The van der Waals surface area contributed by atoms with Crippen LogP contribution in [0.4, 0.5) is 0 Å². The minimum Gasteiger partial charge on any atom is -0.504 e. The molecule has 0 aliphatic carbocycles. The number of carboxylic acids is 1. The SMILES string of the molecule is COc1cccc([C@H]2N[C@@](Cc3ccccc3)(C(=O)O)[C@@H]3C(=O)N(C(C)C)C(=O)[C@@H]23)c1O. The van der Waals surface area contributed by atoms with Gasteiger partial charge in [-0.1, -0.05) is 42.5 Å². The molecule has 0 saturated carbocycles. The van der Waals surface area contributed by atoms with Gasteiger partial charge in [-0.2, -0.15) is 0 Å². The van der Waals surface area contributed by atoms with Crippen molar-refractivity contribution in [2.75, 3.05) is 7.11 Å². The van der Waals surface area contributed by atoms with Crippen molar-refractivity contribution in [1.29, 1.82) is 0 Å². The molecule has 2 amide bonds. The number of carboxylic acid groups (broad SMARTS) is 1. The number of phenols is 1. The molecule has 2 aliphatic heterocycles. The molecule has 0 unspecified atom stereocenters. The Morgan fingerprint density at radius 1 is 1.12 bits per heavy atom. The third kappa shape index (κ3) is 3.14. The number of para-hydroxylation sites is 1. The van der Waals surface area contributed by atoms with Crippen LogP contribution in [0.5, 0.6) is 11.5 Å². The number of amides is 2. The molecule has 0 aromatic heterocycles. The van der Waals surface area contributed by atoms with Gasteiger partial charge in [0.1, 0.15) is 5.54 Å². The van der Waals surface area contributed by atoms with Crippen LogP contribution in [0.1, 0.15) is 31.0 Å². The smallest absolute Gasteiger partial charge is 0.325 e. The zero-order valence-electron chi connectivity index (χ0n) is 18.1. The monoisotopic (exact) mass is 438 g/mol. The number of hydrogen-bond donors (Lipinski definition) is 3. The molecule has 2 heterocycles. The zero-order chi connectivity index (χ0) is 23.2. The highest BCUT2D eigenvalue weighted by atomic mass is 16.5. The third-order valence-electron chi connectivity index (χ3n) is 6.50. The number of aliphatic carboxylic acids is 1. The second-order valence-corrected chi connectivity index (χ2v) is 8.60. The van der Waals surface area contributed by atoms with Crippen molar-refractivity contribution >= 4 is 17.8 Å². The summed E-state index contributed by atoms with van der Waals surface area (Å²) < 4.78 is 5.20. The summed E-state index contributed by atoms with van der Waals surface area (Å²) in [7, 11) is 1.41. The highest BCUT2D eigenvalue weighted by Gasteiger charge is 2.68. The molecule has 8 nitrogen and oxygen atoms in total. The van der Waals surface area contributed by atoms with Gasteiger partial charge in [0, 0.05) is 24.1 Å². The fourth-order valence-electron chi connectivity index (χ4n) is 5.11. The average Bonchev–Trinajstić information content (AvgIpc) is 3.23. The minimum absolute atomic E-state index is 0.0104. The molecule has 0 bridgehead atoms. The standard InChI is InChI=1S/C24H26N2O6/c1-13(2)26-21(28)17-18(22(26)29)24(23(30)31,12-14-8-5-4-6-9-14)25-19(17)15-10-7-11-16(32-3)20(15)27/h4-11,13,17-19,25,27H,12H2,1-3H3,(H,30,31)/t17-,18+,19-,24-/m1/s1. The Morgan fingerprint density at radius 3 is 2.41 bits per heavy atom. The van der Waals surface area contributed by atoms with Crippen LogP contribution in [-0.2, 0) is 20.8 Å². The van der Waals surface area contributed by atoms with Crippen LogP contribution >= 0.6 is 0 Å². The highest BCUT2D eigenvalue weighted by Crippen LogP contribution is 2.52. The van der Waals surface area contributed by atoms with E-state index >= 15 is 0 Å². The average molecular weight is 438 g/mol. The zero-order valence-corrected chi connectivity index (χ0v) is 18.1. The van der Waals surface area contributed by atoms with Gasteiger partial charge in [-0.3, -0.25) is 24.6 Å². The molecule has 4 atom stereocenters. The van der Waals surface area contributed by atoms with Crippen molar-refractivity contribution < 1.29 is 29.3 Å². The summed E-state index contributed by atoms with van der Waals surface area (Å²) in [6.07, 6.45) is 0.0104. The number of phenolic OH excluding ortho intramolecular Hbond substituents is 1. The van der Waals surface area contributed by atoms with Crippen molar-refractivity contribution in [3.05, 3.63) is 59.7 Å². The number of benzene rings is 2. The molecule has 8 heteroatoms. The summed E-state index contributed by atoms with van der Waals surface area (Å²) in [5, 5.41) is 24.3. The van der Waals surface area contributed by atoms with Gasteiger partial charge in [-0.05, 0) is 25.5 Å². The molecule has 0 spiro atoms. The number of methoxy groups -OCH3 is 1. The van der Waals surface area contributed by atoms with Crippen LogP contribution < -0.4 is 10.1 Å². The molecule has 2 aromatic rings. The van der Waals surface area contributed by atoms with E-state index in [4.69, 9.17) is 4.74 Å². The predicted octanol–water partition coefficient (Wildman–Crippen LogP) is 2.12. The fraction of sp³-hybridized carbons (Fsp3) is 0.375. The Balaban J connectivity index is 1.90. The Morgan fingerprint density at radius 2 is 1.81 bits per heavy atom. The van der Waals surface area contributed by atoms with E-state index in [0.717, 1.165) is 10.5 Å². The number of likely N-dealkylation sites (tertiary alicyclic amines) is 1. The Kier molecular flexibility index (Phi) is 5.42. The van der Waals surface area contributed by atoms with Gasteiger partial charge in [0.15, 0.2) is 11.5 Å². The summed E-state index contributed by atoms with van der Waals surface area (Å²) in [6, 6.07) is 12.5. The maximum Gasteiger partial charge on any atom is 0.325 e. The Bertz CT molecular complexity index is 1070. The quantitative estimate of drug-likeness (QED) is 0.592. The van der Waals surface area contributed by atoms with E-state index in [1.807, 2.05) is 6.07 Å². The van der Waals surface area contributed by atoms with E-state index in [-0.39, 0.29) is 17.9 Å². The lowest BCUT2D eigenvalue weighted by atomic mass is 9.76. The number of carbonyl (C=O) groups excluding carboxylic acids is 2. The number of nitrogens with zero attached hydrogens (tertiary/aromatic N) is 1. The van der Waals surface area contributed by atoms with Crippen molar-refractivity contribution in [2.45, 2.75) is 37.9 Å². The lowest BCUT2D eigenvalue weighted by molar-refractivity contribution is -0.152. The number of aromatic hydroxyl groups is 1. The van der Waals surface area contributed by atoms with Crippen LogP contribution in [0, 0.1) is 11.8 Å². The van der Waals surface area contributed by atoms with E-state index in [1.54, 1.807) is 56.3 Å². The van der Waals surface area contributed by atoms with Crippen LogP contribution in [0.25, 0.3) is 0 Å². The summed E-state index contributed by atoms with van der Waals surface area (Å²) in [5.41, 5.74) is -0.676. The first kappa shape index (κ1) is 21.8. The maximum absolute atomic E-state index is 13.4. The highest BCUT2D eigenvalue weighted by molar-refractivity contribution is 6.09. The lowest BCUT2D eigenvalue weighted by Crippen LogP contribution is -2.57. The maximum atomic E-state index is 13.4. The number of hydrogen-bond acceptors (Lipinski definition) is 6. The lowest BCUT2D eigenvalue weighted by Gasteiger charge is -2.32.